The molecule has 0 atom stereocenters. The van der Waals surface area contributed by atoms with E-state index in [-0.39, 0.29) is 11.3 Å². The van der Waals surface area contributed by atoms with Gasteiger partial charge in [0.15, 0.2) is 0 Å². The molecule has 1 aliphatic heterocycles. The third kappa shape index (κ3) is 3.95. The number of carbonyl (C=O) groups excluding carboxylic acids is 2. The third-order valence-corrected chi connectivity index (χ3v) is 7.96. The first-order chi connectivity index (χ1) is 14.6. The molecule has 5 heteroatoms. The van der Waals surface area contributed by atoms with E-state index in [0.717, 1.165) is 49.2 Å². The molecule has 30 heavy (non-hydrogen) atoms. The van der Waals surface area contributed by atoms with Crippen molar-refractivity contribution < 1.29 is 14.3 Å². The molecule has 1 saturated heterocycles. The summed E-state index contributed by atoms with van der Waals surface area (Å²) < 4.78 is 5.69. The number of amides is 2. The Morgan fingerprint density at radius 2 is 1.43 bits per heavy atom. The van der Waals surface area contributed by atoms with Crippen molar-refractivity contribution in [1.29, 1.82) is 0 Å². The monoisotopic (exact) mass is 410 g/mol. The van der Waals surface area contributed by atoms with Crippen LogP contribution in [0, 0.1) is 23.2 Å². The molecule has 0 unspecified atom stereocenters. The lowest BCUT2D eigenvalue weighted by Gasteiger charge is -2.57. The number of hydrogen-bond donors (Lipinski definition) is 0. The minimum Gasteiger partial charge on any atom is -0.494 e. The fourth-order valence-corrected chi connectivity index (χ4v) is 6.96. The molecule has 5 aliphatic rings. The van der Waals surface area contributed by atoms with Crippen LogP contribution in [0.1, 0.15) is 51.4 Å². The molecule has 1 aromatic rings. The molecule has 0 N–H and O–H groups in total. The number of carbonyl (C=O) groups is 2. The van der Waals surface area contributed by atoms with Crippen molar-refractivity contribution in [3.05, 3.63) is 30.3 Å². The molecule has 4 aliphatic carbocycles. The SMILES string of the molecule is O=C(CCCOc1ccccc1)N1CCN(C(=O)C23CC4CC(CC(C4)C2)C3)CC1. The van der Waals surface area contributed by atoms with Gasteiger partial charge in [0, 0.05) is 32.6 Å². The lowest BCUT2D eigenvalue weighted by Crippen LogP contribution is -2.58. The summed E-state index contributed by atoms with van der Waals surface area (Å²) in [5.74, 6) is 3.82. The van der Waals surface area contributed by atoms with Gasteiger partial charge in [-0.15, -0.1) is 0 Å². The van der Waals surface area contributed by atoms with Crippen LogP contribution in [-0.4, -0.2) is 54.4 Å². The smallest absolute Gasteiger partial charge is 0.228 e. The minimum atomic E-state index is -0.0598. The van der Waals surface area contributed by atoms with E-state index >= 15 is 0 Å². The van der Waals surface area contributed by atoms with Crippen LogP contribution in [0.5, 0.6) is 5.75 Å². The average Bonchev–Trinajstić information content (AvgIpc) is 2.76. The molecule has 2 amide bonds. The van der Waals surface area contributed by atoms with E-state index in [0.29, 0.717) is 45.1 Å². The van der Waals surface area contributed by atoms with Gasteiger partial charge in [0.1, 0.15) is 5.75 Å². The number of benzene rings is 1. The minimum absolute atomic E-state index is 0.0598. The van der Waals surface area contributed by atoms with Crippen molar-refractivity contribution in [3.8, 4) is 5.75 Å². The predicted octanol–water partition coefficient (Wildman–Crippen LogP) is 3.73. The van der Waals surface area contributed by atoms with E-state index in [1.54, 1.807) is 0 Å². The standard InChI is InChI=1S/C25H34N2O3/c28-23(7-4-12-30-22-5-2-1-3-6-22)26-8-10-27(11-9-26)24(29)25-16-19-13-20(17-25)15-21(14-19)18-25/h1-3,5-6,19-21H,4,7-18H2. The van der Waals surface area contributed by atoms with E-state index in [1.807, 2.05) is 35.2 Å². The van der Waals surface area contributed by atoms with E-state index < -0.39 is 0 Å². The molecular weight excluding hydrogens is 376 g/mol. The van der Waals surface area contributed by atoms with E-state index in [9.17, 15) is 9.59 Å². The van der Waals surface area contributed by atoms with Crippen LogP contribution in [-0.2, 0) is 9.59 Å². The molecule has 5 nitrogen and oxygen atoms in total. The third-order valence-electron chi connectivity index (χ3n) is 7.96. The zero-order chi connectivity index (χ0) is 20.6. The van der Waals surface area contributed by atoms with E-state index in [2.05, 4.69) is 4.90 Å². The Balaban J connectivity index is 1.07. The number of ether oxygens (including phenoxy) is 1. The highest BCUT2D eigenvalue weighted by Gasteiger charge is 2.55. The molecule has 1 heterocycles. The predicted molar refractivity (Wildman–Crippen MR) is 115 cm³/mol. The maximum atomic E-state index is 13.5. The van der Waals surface area contributed by atoms with Crippen LogP contribution in [0.2, 0.25) is 0 Å². The van der Waals surface area contributed by atoms with Crippen LogP contribution in [0.4, 0.5) is 0 Å². The highest BCUT2D eigenvalue weighted by molar-refractivity contribution is 5.84. The Hall–Kier alpha value is -2.04. The van der Waals surface area contributed by atoms with E-state index in [1.165, 1.54) is 19.3 Å². The summed E-state index contributed by atoms with van der Waals surface area (Å²) in [6.45, 7) is 3.31. The van der Waals surface area contributed by atoms with Crippen LogP contribution in [0.25, 0.3) is 0 Å². The van der Waals surface area contributed by atoms with Gasteiger partial charge in [-0.2, -0.15) is 0 Å². The normalized spacial score (nSPS) is 32.3. The topological polar surface area (TPSA) is 49.9 Å². The van der Waals surface area contributed by atoms with Crippen molar-refractivity contribution in [2.24, 2.45) is 23.2 Å². The van der Waals surface area contributed by atoms with Gasteiger partial charge in [-0.05, 0) is 74.8 Å². The van der Waals surface area contributed by atoms with Crippen molar-refractivity contribution >= 4 is 11.8 Å². The van der Waals surface area contributed by atoms with Crippen LogP contribution in [0.15, 0.2) is 30.3 Å². The summed E-state index contributed by atoms with van der Waals surface area (Å²) in [7, 11) is 0. The summed E-state index contributed by atoms with van der Waals surface area (Å²) in [6.07, 6.45) is 8.69. The van der Waals surface area contributed by atoms with Gasteiger partial charge in [0.2, 0.25) is 11.8 Å². The van der Waals surface area contributed by atoms with Crippen molar-refractivity contribution in [2.75, 3.05) is 32.8 Å². The van der Waals surface area contributed by atoms with Gasteiger partial charge in [-0.1, -0.05) is 18.2 Å². The number of piperazine rings is 1. The Kier molecular flexibility index (Phi) is 5.46. The molecule has 0 spiro atoms. The number of rotatable bonds is 6. The number of hydrogen-bond acceptors (Lipinski definition) is 3. The largest absolute Gasteiger partial charge is 0.494 e. The first-order valence-corrected chi connectivity index (χ1v) is 11.9. The van der Waals surface area contributed by atoms with Gasteiger partial charge in [0.05, 0.1) is 12.0 Å². The average molecular weight is 411 g/mol. The summed E-state index contributed by atoms with van der Waals surface area (Å²) in [4.78, 5) is 30.1. The lowest BCUT2D eigenvalue weighted by atomic mass is 9.49. The van der Waals surface area contributed by atoms with Gasteiger partial charge < -0.3 is 14.5 Å². The summed E-state index contributed by atoms with van der Waals surface area (Å²) in [6, 6.07) is 9.73. The van der Waals surface area contributed by atoms with Crippen LogP contribution in [0.3, 0.4) is 0 Å². The number of para-hydroxylation sites is 1. The second-order valence-electron chi connectivity index (χ2n) is 10.1. The van der Waals surface area contributed by atoms with E-state index in [4.69, 9.17) is 4.74 Å². The van der Waals surface area contributed by atoms with Gasteiger partial charge in [-0.3, -0.25) is 9.59 Å². The molecule has 4 saturated carbocycles. The molecular formula is C25H34N2O3. The maximum Gasteiger partial charge on any atom is 0.228 e. The zero-order valence-corrected chi connectivity index (χ0v) is 17.9. The highest BCUT2D eigenvalue weighted by Crippen LogP contribution is 2.60. The molecule has 0 aromatic heterocycles. The zero-order valence-electron chi connectivity index (χ0n) is 17.9. The van der Waals surface area contributed by atoms with Crippen molar-refractivity contribution in [2.45, 2.75) is 51.4 Å². The van der Waals surface area contributed by atoms with Crippen molar-refractivity contribution in [1.82, 2.24) is 9.80 Å². The highest BCUT2D eigenvalue weighted by atomic mass is 16.5. The molecule has 4 bridgehead atoms. The van der Waals surface area contributed by atoms with Crippen LogP contribution < -0.4 is 4.74 Å². The maximum absolute atomic E-state index is 13.5. The Morgan fingerprint density at radius 3 is 2.03 bits per heavy atom. The molecule has 1 aromatic carbocycles. The first kappa shape index (κ1) is 19.9. The van der Waals surface area contributed by atoms with Gasteiger partial charge in [0.25, 0.3) is 0 Å². The second kappa shape index (κ2) is 8.24. The Morgan fingerprint density at radius 1 is 0.867 bits per heavy atom. The Labute approximate surface area is 179 Å². The molecule has 6 rings (SSSR count). The summed E-state index contributed by atoms with van der Waals surface area (Å²) in [5.41, 5.74) is -0.0598. The summed E-state index contributed by atoms with van der Waals surface area (Å²) >= 11 is 0. The van der Waals surface area contributed by atoms with Crippen LogP contribution >= 0.6 is 0 Å². The molecule has 5 fully saturated rings. The lowest BCUT2D eigenvalue weighted by molar-refractivity contribution is -0.160. The molecule has 0 radical (unpaired) electrons. The Bertz CT molecular complexity index is 735. The first-order valence-electron chi connectivity index (χ1n) is 11.9. The second-order valence-corrected chi connectivity index (χ2v) is 10.1. The summed E-state index contributed by atoms with van der Waals surface area (Å²) in [5, 5.41) is 0. The van der Waals surface area contributed by atoms with Gasteiger partial charge in [-0.25, -0.2) is 0 Å². The quantitative estimate of drug-likeness (QED) is 0.672. The fourth-order valence-electron chi connectivity index (χ4n) is 6.96. The van der Waals surface area contributed by atoms with Gasteiger partial charge >= 0.3 is 0 Å². The number of nitrogens with zero attached hydrogens (tertiary/aromatic N) is 2. The fraction of sp³-hybridized carbons (Fsp3) is 0.680. The van der Waals surface area contributed by atoms with Crippen molar-refractivity contribution in [3.63, 3.8) is 0 Å². The molecule has 162 valence electrons.